The van der Waals surface area contributed by atoms with Gasteiger partial charge in [-0.1, -0.05) is 6.07 Å². The molecule has 5 nitrogen and oxygen atoms in total. The summed E-state index contributed by atoms with van der Waals surface area (Å²) in [5.74, 6) is 3.24. The molecule has 0 saturated heterocycles. The third-order valence-corrected chi connectivity index (χ3v) is 4.59. The van der Waals surface area contributed by atoms with Gasteiger partial charge in [-0.3, -0.25) is 4.79 Å². The number of carbonyl (C=O) groups excluding carboxylic acids is 1. The minimum atomic E-state index is -0.348. The number of terminal acetylenes is 1. The Labute approximate surface area is 142 Å². The summed E-state index contributed by atoms with van der Waals surface area (Å²) in [6.45, 7) is 0.564. The van der Waals surface area contributed by atoms with Gasteiger partial charge in [-0.15, -0.1) is 12.3 Å². The number of aryl methyl sites for hydroxylation is 2. The molecule has 126 valence electrons. The molecule has 0 spiro atoms. The fourth-order valence-electron chi connectivity index (χ4n) is 3.07. The average Bonchev–Trinajstić information content (AvgIpc) is 3.38. The fourth-order valence-corrected chi connectivity index (χ4v) is 3.07. The lowest BCUT2D eigenvalue weighted by Crippen LogP contribution is -2.32. The monoisotopic (exact) mass is 325 g/mol. The molecule has 0 bridgehead atoms. The summed E-state index contributed by atoms with van der Waals surface area (Å²) in [6.07, 6.45) is 12.1. The summed E-state index contributed by atoms with van der Waals surface area (Å²) in [5.41, 5.74) is 2.41. The summed E-state index contributed by atoms with van der Waals surface area (Å²) in [7, 11) is 0. The van der Waals surface area contributed by atoms with Crippen LogP contribution >= 0.6 is 0 Å². The van der Waals surface area contributed by atoms with Gasteiger partial charge in [0.2, 0.25) is 0 Å². The van der Waals surface area contributed by atoms with Gasteiger partial charge in [0.05, 0.1) is 0 Å². The van der Waals surface area contributed by atoms with Gasteiger partial charge in [-0.05, 0) is 48.9 Å². The Bertz CT molecular complexity index is 670. The van der Waals surface area contributed by atoms with Crippen molar-refractivity contribution in [2.24, 2.45) is 10.2 Å². The van der Waals surface area contributed by atoms with E-state index in [1.165, 1.54) is 24.0 Å². The predicted molar refractivity (Wildman–Crippen MR) is 91.9 cm³/mol. The van der Waals surface area contributed by atoms with Gasteiger partial charge in [0.1, 0.15) is 5.75 Å². The van der Waals surface area contributed by atoms with Crippen LogP contribution in [0.2, 0.25) is 0 Å². The molecule has 1 aliphatic carbocycles. The first-order valence-corrected chi connectivity index (χ1v) is 8.60. The zero-order valence-corrected chi connectivity index (χ0v) is 13.9. The van der Waals surface area contributed by atoms with Gasteiger partial charge in [-0.25, -0.2) is 0 Å². The Balaban J connectivity index is 1.38. The highest BCUT2D eigenvalue weighted by molar-refractivity contribution is 5.77. The second-order valence-corrected chi connectivity index (χ2v) is 6.41. The quantitative estimate of drug-likeness (QED) is 0.747. The van der Waals surface area contributed by atoms with Crippen LogP contribution < -0.4 is 10.1 Å². The molecular weight excluding hydrogens is 302 g/mol. The highest BCUT2D eigenvalue weighted by atomic mass is 16.5. The number of nitrogens with one attached hydrogen (secondary N) is 1. The fraction of sp³-hybridized carbons (Fsp3) is 0.526. The van der Waals surface area contributed by atoms with E-state index in [-0.39, 0.29) is 18.2 Å². The van der Waals surface area contributed by atoms with Gasteiger partial charge in [0.25, 0.3) is 5.91 Å². The topological polar surface area (TPSA) is 63.0 Å². The van der Waals surface area contributed by atoms with Crippen molar-refractivity contribution in [2.45, 2.75) is 50.6 Å². The number of carbonyl (C=O) groups is 1. The molecule has 0 aromatic heterocycles. The molecular formula is C19H23N3O2. The first kappa shape index (κ1) is 16.5. The number of benzene rings is 1. The number of rotatable bonds is 8. The van der Waals surface area contributed by atoms with Crippen molar-refractivity contribution in [2.75, 3.05) is 13.2 Å². The van der Waals surface area contributed by atoms with Crippen molar-refractivity contribution in [1.82, 2.24) is 5.32 Å². The summed E-state index contributed by atoms with van der Waals surface area (Å²) < 4.78 is 5.61. The molecule has 0 atom stereocenters. The van der Waals surface area contributed by atoms with Crippen LogP contribution in [0.15, 0.2) is 28.4 Å². The largest absolute Gasteiger partial charge is 0.484 e. The lowest BCUT2D eigenvalue weighted by molar-refractivity contribution is -0.123. The van der Waals surface area contributed by atoms with E-state index in [0.29, 0.717) is 19.4 Å². The van der Waals surface area contributed by atoms with Gasteiger partial charge in [-0.2, -0.15) is 10.2 Å². The lowest BCUT2D eigenvalue weighted by atomic mass is 9.92. The molecule has 0 fully saturated rings. The zero-order valence-electron chi connectivity index (χ0n) is 13.9. The molecule has 24 heavy (non-hydrogen) atoms. The molecule has 1 aromatic carbocycles. The van der Waals surface area contributed by atoms with E-state index in [2.05, 4.69) is 33.6 Å². The summed E-state index contributed by atoms with van der Waals surface area (Å²) in [6, 6.07) is 6.14. The van der Waals surface area contributed by atoms with Crippen LogP contribution in [-0.4, -0.2) is 24.7 Å². The number of ether oxygens (including phenoxy) is 1. The van der Waals surface area contributed by atoms with E-state index in [9.17, 15) is 4.79 Å². The van der Waals surface area contributed by atoms with Crippen molar-refractivity contribution in [3.63, 3.8) is 0 Å². The predicted octanol–water partition coefficient (Wildman–Crippen LogP) is 3.03. The maximum atomic E-state index is 11.9. The Morgan fingerprint density at radius 1 is 1.25 bits per heavy atom. The average molecular weight is 325 g/mol. The van der Waals surface area contributed by atoms with E-state index in [1.54, 1.807) is 0 Å². The number of nitrogens with zero attached hydrogens (tertiary/aromatic N) is 2. The minimum Gasteiger partial charge on any atom is -0.484 e. The van der Waals surface area contributed by atoms with Crippen molar-refractivity contribution < 1.29 is 9.53 Å². The molecule has 0 saturated carbocycles. The molecule has 3 rings (SSSR count). The summed E-state index contributed by atoms with van der Waals surface area (Å²) >= 11 is 0. The van der Waals surface area contributed by atoms with E-state index < -0.39 is 0 Å². The molecule has 2 aliphatic rings. The number of fused-ring (bicyclic) bond motifs is 1. The van der Waals surface area contributed by atoms with Crippen molar-refractivity contribution in [3.05, 3.63) is 29.3 Å². The zero-order chi connectivity index (χ0) is 16.8. The van der Waals surface area contributed by atoms with Crippen molar-refractivity contribution in [3.8, 4) is 18.1 Å². The van der Waals surface area contributed by atoms with Gasteiger partial charge in [0, 0.05) is 25.8 Å². The van der Waals surface area contributed by atoms with E-state index in [4.69, 9.17) is 11.2 Å². The van der Waals surface area contributed by atoms with Gasteiger partial charge < -0.3 is 10.1 Å². The van der Waals surface area contributed by atoms with Gasteiger partial charge in [0.15, 0.2) is 12.3 Å². The highest BCUT2D eigenvalue weighted by Crippen LogP contribution is 2.36. The molecule has 1 heterocycles. The molecule has 0 unspecified atom stereocenters. The SMILES string of the molecule is C#CCCC1(CCNC(=O)COc2ccc3c(c2)CCCC3)N=N1. The normalized spacial score (nSPS) is 16.8. The number of amides is 1. The smallest absolute Gasteiger partial charge is 0.257 e. The van der Waals surface area contributed by atoms with E-state index >= 15 is 0 Å². The third-order valence-electron chi connectivity index (χ3n) is 4.59. The molecule has 0 radical (unpaired) electrons. The van der Waals surface area contributed by atoms with Crippen LogP contribution in [-0.2, 0) is 17.6 Å². The number of hydrogen-bond donors (Lipinski definition) is 1. The second-order valence-electron chi connectivity index (χ2n) is 6.41. The lowest BCUT2D eigenvalue weighted by Gasteiger charge is -2.16. The Kier molecular flexibility index (Phi) is 5.14. The molecule has 1 amide bonds. The van der Waals surface area contributed by atoms with Crippen LogP contribution in [0.1, 0.15) is 43.2 Å². The number of hydrogen-bond acceptors (Lipinski definition) is 4. The maximum absolute atomic E-state index is 11.9. The van der Waals surface area contributed by atoms with Crippen LogP contribution in [0.25, 0.3) is 0 Å². The van der Waals surface area contributed by atoms with Crippen molar-refractivity contribution >= 4 is 5.91 Å². The first-order chi connectivity index (χ1) is 11.7. The minimum absolute atomic E-state index is 0.0322. The van der Waals surface area contributed by atoms with Crippen molar-refractivity contribution in [1.29, 1.82) is 0 Å². The second kappa shape index (κ2) is 7.48. The van der Waals surface area contributed by atoms with Crippen LogP contribution in [0, 0.1) is 12.3 Å². The highest BCUT2D eigenvalue weighted by Gasteiger charge is 2.38. The van der Waals surface area contributed by atoms with Crippen LogP contribution in [0.3, 0.4) is 0 Å². The Hall–Kier alpha value is -2.35. The van der Waals surface area contributed by atoms with Crippen LogP contribution in [0.4, 0.5) is 0 Å². The molecule has 1 N–H and O–H groups in total. The van der Waals surface area contributed by atoms with E-state index in [1.807, 2.05) is 6.07 Å². The third kappa shape index (κ3) is 4.35. The van der Waals surface area contributed by atoms with E-state index in [0.717, 1.165) is 25.0 Å². The van der Waals surface area contributed by atoms with Gasteiger partial charge >= 0.3 is 0 Å². The first-order valence-electron chi connectivity index (χ1n) is 8.60. The maximum Gasteiger partial charge on any atom is 0.257 e. The van der Waals surface area contributed by atoms with Crippen LogP contribution in [0.5, 0.6) is 5.75 Å². The Morgan fingerprint density at radius 2 is 2.04 bits per heavy atom. The Morgan fingerprint density at radius 3 is 2.79 bits per heavy atom. The molecule has 1 aliphatic heterocycles. The summed E-state index contributed by atoms with van der Waals surface area (Å²) in [4.78, 5) is 11.9. The molecule has 1 aromatic rings. The molecule has 5 heteroatoms. The standard InChI is InChI=1S/C19H23N3O2/c1-2-3-10-19(21-22-19)11-12-20-18(23)14-24-17-9-8-15-6-4-5-7-16(15)13-17/h1,8-9,13H,3-7,10-12,14H2,(H,20,23). The summed E-state index contributed by atoms with van der Waals surface area (Å²) in [5, 5.41) is 11.0.